The van der Waals surface area contributed by atoms with Crippen LogP contribution in [0.25, 0.3) is 0 Å². The summed E-state index contributed by atoms with van der Waals surface area (Å²) in [7, 11) is 0. The first-order valence-corrected chi connectivity index (χ1v) is 8.16. The van der Waals surface area contributed by atoms with Gasteiger partial charge in [0, 0.05) is 17.8 Å². The monoisotopic (exact) mass is 328 g/mol. The number of ether oxygens (including phenoxy) is 2. The van der Waals surface area contributed by atoms with E-state index >= 15 is 0 Å². The van der Waals surface area contributed by atoms with Crippen LogP contribution in [0.4, 0.5) is 5.69 Å². The highest BCUT2D eigenvalue weighted by Gasteiger charge is 2.08. The van der Waals surface area contributed by atoms with Gasteiger partial charge in [0.2, 0.25) is 0 Å². The molecule has 24 heavy (non-hydrogen) atoms. The zero-order valence-electron chi connectivity index (χ0n) is 14.2. The summed E-state index contributed by atoms with van der Waals surface area (Å²) in [6.45, 7) is 5.60. The fraction of sp³-hybridized carbons (Fsp3) is 0.316. The summed E-state index contributed by atoms with van der Waals surface area (Å²) in [5.74, 6) is 1.38. The van der Waals surface area contributed by atoms with Crippen molar-refractivity contribution < 1.29 is 14.3 Å². The lowest BCUT2D eigenvalue weighted by Crippen LogP contribution is -2.25. The molecule has 0 atom stereocenters. The van der Waals surface area contributed by atoms with Gasteiger partial charge in [-0.15, -0.1) is 0 Å². The van der Waals surface area contributed by atoms with Crippen LogP contribution < -0.4 is 20.5 Å². The fourth-order valence-corrected chi connectivity index (χ4v) is 2.31. The largest absolute Gasteiger partial charge is 0.490 e. The van der Waals surface area contributed by atoms with E-state index in [1.165, 1.54) is 0 Å². The Hall–Kier alpha value is -2.69. The zero-order chi connectivity index (χ0) is 17.4. The molecular weight excluding hydrogens is 304 g/mol. The zero-order valence-corrected chi connectivity index (χ0v) is 14.2. The molecule has 0 aromatic heterocycles. The molecule has 2 aromatic carbocycles. The molecule has 2 rings (SSSR count). The summed E-state index contributed by atoms with van der Waals surface area (Å²) in [5.41, 5.74) is 7.95. The Labute approximate surface area is 142 Å². The van der Waals surface area contributed by atoms with E-state index in [1.807, 2.05) is 32.0 Å². The van der Waals surface area contributed by atoms with Gasteiger partial charge in [-0.25, -0.2) is 0 Å². The van der Waals surface area contributed by atoms with Gasteiger partial charge in [-0.2, -0.15) is 0 Å². The van der Waals surface area contributed by atoms with Crippen molar-refractivity contribution in [3.05, 3.63) is 53.6 Å². The number of amides is 1. The molecule has 0 aliphatic heterocycles. The van der Waals surface area contributed by atoms with Crippen LogP contribution in [0.3, 0.4) is 0 Å². The number of carbonyl (C=O) groups is 1. The lowest BCUT2D eigenvalue weighted by atomic mass is 10.1. The van der Waals surface area contributed by atoms with Crippen molar-refractivity contribution >= 4 is 11.6 Å². The average Bonchev–Trinajstić information content (AvgIpc) is 2.58. The van der Waals surface area contributed by atoms with Crippen molar-refractivity contribution in [3.8, 4) is 11.5 Å². The van der Waals surface area contributed by atoms with E-state index in [0.717, 1.165) is 17.1 Å². The average molecular weight is 328 g/mol. The molecule has 1 amide bonds. The summed E-state index contributed by atoms with van der Waals surface area (Å²) in [4.78, 5) is 12.1. The van der Waals surface area contributed by atoms with Gasteiger partial charge in [0.1, 0.15) is 0 Å². The van der Waals surface area contributed by atoms with Gasteiger partial charge in [-0.3, -0.25) is 4.79 Å². The predicted molar refractivity (Wildman–Crippen MR) is 95.7 cm³/mol. The van der Waals surface area contributed by atoms with Crippen LogP contribution in [0.5, 0.6) is 11.5 Å². The normalized spacial score (nSPS) is 10.2. The molecule has 0 saturated carbocycles. The molecule has 0 unspecified atom stereocenters. The highest BCUT2D eigenvalue weighted by atomic mass is 16.5. The van der Waals surface area contributed by atoms with E-state index in [1.54, 1.807) is 24.3 Å². The molecule has 0 saturated heterocycles. The molecule has 0 aliphatic carbocycles. The molecule has 0 radical (unpaired) electrons. The van der Waals surface area contributed by atoms with Crippen LogP contribution in [-0.2, 0) is 6.42 Å². The number of anilines is 1. The maximum absolute atomic E-state index is 12.1. The number of nitrogens with two attached hydrogens (primary N) is 1. The number of nitrogen functional groups attached to an aromatic ring is 1. The first kappa shape index (κ1) is 17.7. The van der Waals surface area contributed by atoms with E-state index in [9.17, 15) is 4.79 Å². The number of rotatable bonds is 8. The fourth-order valence-electron chi connectivity index (χ4n) is 2.31. The predicted octanol–water partition coefficient (Wildman–Crippen LogP) is 3.04. The molecule has 0 fully saturated rings. The summed E-state index contributed by atoms with van der Waals surface area (Å²) in [6, 6.07) is 12.7. The summed E-state index contributed by atoms with van der Waals surface area (Å²) in [5, 5.41) is 2.91. The van der Waals surface area contributed by atoms with Crippen molar-refractivity contribution in [3.63, 3.8) is 0 Å². The molecule has 0 bridgehead atoms. The molecule has 5 heteroatoms. The minimum Gasteiger partial charge on any atom is -0.490 e. The van der Waals surface area contributed by atoms with Gasteiger partial charge in [-0.1, -0.05) is 6.07 Å². The van der Waals surface area contributed by atoms with Gasteiger partial charge in [-0.05, 0) is 62.2 Å². The first-order chi connectivity index (χ1) is 11.6. The molecular formula is C19H24N2O3. The lowest BCUT2D eigenvalue weighted by molar-refractivity contribution is 0.0954. The van der Waals surface area contributed by atoms with Crippen LogP contribution in [0.2, 0.25) is 0 Å². The topological polar surface area (TPSA) is 73.6 Å². The minimum absolute atomic E-state index is 0.106. The van der Waals surface area contributed by atoms with Crippen LogP contribution in [0.1, 0.15) is 29.8 Å². The maximum atomic E-state index is 12.1. The third-order valence-electron chi connectivity index (χ3n) is 3.48. The third-order valence-corrected chi connectivity index (χ3v) is 3.48. The Morgan fingerprint density at radius 1 is 1.00 bits per heavy atom. The number of hydrogen-bond acceptors (Lipinski definition) is 4. The van der Waals surface area contributed by atoms with Gasteiger partial charge < -0.3 is 20.5 Å². The maximum Gasteiger partial charge on any atom is 0.251 e. The van der Waals surface area contributed by atoms with E-state index in [0.29, 0.717) is 37.4 Å². The lowest BCUT2D eigenvalue weighted by Gasteiger charge is -2.12. The number of nitrogens with one attached hydrogen (secondary N) is 1. The van der Waals surface area contributed by atoms with Crippen LogP contribution in [0, 0.1) is 0 Å². The van der Waals surface area contributed by atoms with Crippen molar-refractivity contribution in [2.24, 2.45) is 0 Å². The molecule has 0 spiro atoms. The second kappa shape index (κ2) is 8.82. The van der Waals surface area contributed by atoms with Crippen LogP contribution in [0.15, 0.2) is 42.5 Å². The highest BCUT2D eigenvalue weighted by Crippen LogP contribution is 2.28. The Balaban J connectivity index is 1.92. The number of benzene rings is 2. The minimum atomic E-state index is -0.106. The van der Waals surface area contributed by atoms with Crippen molar-refractivity contribution in [2.45, 2.75) is 20.3 Å². The quantitative estimate of drug-likeness (QED) is 0.731. The van der Waals surface area contributed by atoms with Crippen molar-refractivity contribution in [2.75, 3.05) is 25.5 Å². The molecule has 2 aromatic rings. The van der Waals surface area contributed by atoms with Crippen LogP contribution in [-0.4, -0.2) is 25.7 Å². The summed E-state index contributed by atoms with van der Waals surface area (Å²) < 4.78 is 11.2. The molecule has 0 heterocycles. The van der Waals surface area contributed by atoms with Gasteiger partial charge in [0.05, 0.1) is 13.2 Å². The second-order valence-corrected chi connectivity index (χ2v) is 5.28. The van der Waals surface area contributed by atoms with Crippen LogP contribution >= 0.6 is 0 Å². The van der Waals surface area contributed by atoms with Crippen molar-refractivity contribution in [1.82, 2.24) is 5.32 Å². The standard InChI is InChI=1S/C19H24N2O3/c1-3-23-17-10-5-14(13-18(17)24-4-2)11-12-21-19(22)15-6-8-16(20)9-7-15/h5-10,13H,3-4,11-12,20H2,1-2H3,(H,21,22). The smallest absolute Gasteiger partial charge is 0.251 e. The van der Waals surface area contributed by atoms with E-state index in [2.05, 4.69) is 5.32 Å². The van der Waals surface area contributed by atoms with Gasteiger partial charge >= 0.3 is 0 Å². The first-order valence-electron chi connectivity index (χ1n) is 8.16. The highest BCUT2D eigenvalue weighted by molar-refractivity contribution is 5.94. The Morgan fingerprint density at radius 2 is 1.67 bits per heavy atom. The van der Waals surface area contributed by atoms with Gasteiger partial charge in [0.25, 0.3) is 5.91 Å². The molecule has 128 valence electrons. The summed E-state index contributed by atoms with van der Waals surface area (Å²) >= 11 is 0. The molecule has 0 aliphatic rings. The Bertz CT molecular complexity index is 669. The van der Waals surface area contributed by atoms with E-state index < -0.39 is 0 Å². The molecule has 5 nitrogen and oxygen atoms in total. The molecule has 3 N–H and O–H groups in total. The number of hydrogen-bond donors (Lipinski definition) is 2. The van der Waals surface area contributed by atoms with Gasteiger partial charge in [0.15, 0.2) is 11.5 Å². The van der Waals surface area contributed by atoms with E-state index in [-0.39, 0.29) is 5.91 Å². The third kappa shape index (κ3) is 4.91. The second-order valence-electron chi connectivity index (χ2n) is 5.28. The summed E-state index contributed by atoms with van der Waals surface area (Å²) in [6.07, 6.45) is 0.715. The number of carbonyl (C=O) groups excluding carboxylic acids is 1. The van der Waals surface area contributed by atoms with Crippen molar-refractivity contribution in [1.29, 1.82) is 0 Å². The van der Waals surface area contributed by atoms with E-state index in [4.69, 9.17) is 15.2 Å². The Kier molecular flexibility index (Phi) is 6.49. The SMILES string of the molecule is CCOc1ccc(CCNC(=O)c2ccc(N)cc2)cc1OCC. The Morgan fingerprint density at radius 3 is 2.33 bits per heavy atom.